The van der Waals surface area contributed by atoms with Crippen LogP contribution < -0.4 is 16.0 Å². The SMILES string of the molecule is C[C@H]1O[C@@H](n2cc(Cc3cccc(OCc4ccccc4)c3)c(=O)[nH]c2=O)[C@H](O[Si](C)(C)C(C)(C)C)[C@@H]1O[Si](C)(C)C(C)(C)C. The second-order valence-corrected chi connectivity index (χ2v) is 24.8. The van der Waals surface area contributed by atoms with Crippen molar-refractivity contribution in [2.75, 3.05) is 0 Å². The summed E-state index contributed by atoms with van der Waals surface area (Å²) in [5.41, 5.74) is 1.46. The molecule has 0 unspecified atom stereocenters. The molecule has 246 valence electrons. The zero-order chi connectivity index (χ0) is 33.4. The van der Waals surface area contributed by atoms with Crippen molar-refractivity contribution in [1.29, 1.82) is 0 Å². The maximum absolute atomic E-state index is 13.4. The van der Waals surface area contributed by atoms with Crippen LogP contribution in [0.2, 0.25) is 36.3 Å². The number of H-pyrrole nitrogens is 1. The fourth-order valence-electron chi connectivity index (χ4n) is 4.90. The fourth-order valence-corrected chi connectivity index (χ4v) is 7.54. The van der Waals surface area contributed by atoms with Gasteiger partial charge < -0.3 is 18.3 Å². The summed E-state index contributed by atoms with van der Waals surface area (Å²) in [6.45, 7) is 24.5. The van der Waals surface area contributed by atoms with Crippen LogP contribution in [0, 0.1) is 0 Å². The molecule has 1 N–H and O–H groups in total. The van der Waals surface area contributed by atoms with Crippen LogP contribution in [0.4, 0.5) is 0 Å². The Hall–Kier alpha value is -2.77. The molecule has 45 heavy (non-hydrogen) atoms. The average molecular weight is 653 g/mol. The van der Waals surface area contributed by atoms with Gasteiger partial charge in [-0.3, -0.25) is 14.3 Å². The Morgan fingerprint density at radius 3 is 2.00 bits per heavy atom. The molecule has 2 heterocycles. The molecule has 0 radical (unpaired) electrons. The normalized spacial score (nSPS) is 21.2. The number of hydrogen-bond donors (Lipinski definition) is 1. The maximum Gasteiger partial charge on any atom is 0.330 e. The predicted molar refractivity (Wildman–Crippen MR) is 185 cm³/mol. The highest BCUT2D eigenvalue weighted by Gasteiger charge is 2.53. The molecule has 10 heteroatoms. The molecule has 4 rings (SSSR count). The summed E-state index contributed by atoms with van der Waals surface area (Å²) in [7, 11) is -4.55. The van der Waals surface area contributed by atoms with Gasteiger partial charge in [0.25, 0.3) is 5.56 Å². The summed E-state index contributed by atoms with van der Waals surface area (Å²) in [4.78, 5) is 29.0. The first-order valence-corrected chi connectivity index (χ1v) is 21.7. The van der Waals surface area contributed by atoms with E-state index in [0.29, 0.717) is 24.3 Å². The minimum Gasteiger partial charge on any atom is -0.489 e. The van der Waals surface area contributed by atoms with E-state index in [1.54, 1.807) is 6.20 Å². The minimum atomic E-state index is -2.32. The van der Waals surface area contributed by atoms with Crippen LogP contribution in [0.3, 0.4) is 0 Å². The van der Waals surface area contributed by atoms with Gasteiger partial charge in [0.2, 0.25) is 0 Å². The van der Waals surface area contributed by atoms with E-state index in [2.05, 4.69) is 72.7 Å². The molecule has 1 aromatic heterocycles. The lowest BCUT2D eigenvalue weighted by Gasteiger charge is -2.44. The number of aromatic amines is 1. The van der Waals surface area contributed by atoms with Gasteiger partial charge in [-0.2, -0.15) is 0 Å². The minimum absolute atomic E-state index is 0.0202. The molecule has 0 amide bonds. The van der Waals surface area contributed by atoms with E-state index in [1.165, 1.54) is 4.57 Å². The van der Waals surface area contributed by atoms with Crippen molar-refractivity contribution in [1.82, 2.24) is 9.55 Å². The van der Waals surface area contributed by atoms with Crippen LogP contribution in [0.1, 0.15) is 71.4 Å². The summed E-state index contributed by atoms with van der Waals surface area (Å²) >= 11 is 0. The van der Waals surface area contributed by atoms with Gasteiger partial charge in [-0.15, -0.1) is 0 Å². The van der Waals surface area contributed by atoms with Gasteiger partial charge >= 0.3 is 5.69 Å². The van der Waals surface area contributed by atoms with Crippen molar-refractivity contribution in [2.24, 2.45) is 0 Å². The summed E-state index contributed by atoms with van der Waals surface area (Å²) in [5, 5.41) is -0.0900. The van der Waals surface area contributed by atoms with Gasteiger partial charge in [0.05, 0.1) is 6.10 Å². The van der Waals surface area contributed by atoms with Crippen LogP contribution in [-0.4, -0.2) is 44.5 Å². The molecule has 1 saturated heterocycles. The standard InChI is InChI=1S/C35H52N2O6Si2/c1-24-29(42-44(8,9)34(2,3)4)30(43-45(10,11)35(5,6)7)32(41-24)37-22-27(31(38)36-33(37)39)20-26-18-15-19-28(21-26)40-23-25-16-13-12-14-17-25/h12-19,21-22,24,29-30,32H,20,23H2,1-11H3,(H,36,38,39)/t24-,29-,30-,32-/m1/s1. The van der Waals surface area contributed by atoms with Crippen molar-refractivity contribution < 1.29 is 18.3 Å². The zero-order valence-electron chi connectivity index (χ0n) is 28.9. The average Bonchev–Trinajstić information content (AvgIpc) is 3.22. The van der Waals surface area contributed by atoms with Crippen LogP contribution in [0.5, 0.6) is 5.75 Å². The molecule has 0 aliphatic carbocycles. The Bertz CT molecular complexity index is 1570. The molecule has 1 aliphatic rings. The number of rotatable bonds is 10. The topological polar surface area (TPSA) is 91.8 Å². The van der Waals surface area contributed by atoms with Crippen molar-refractivity contribution in [3.8, 4) is 5.75 Å². The summed E-state index contributed by atoms with van der Waals surface area (Å²) < 4.78 is 28.0. The number of benzene rings is 2. The molecule has 1 fully saturated rings. The lowest BCUT2D eigenvalue weighted by molar-refractivity contribution is -0.0312. The lowest BCUT2D eigenvalue weighted by atomic mass is 10.1. The summed E-state index contributed by atoms with van der Waals surface area (Å²) in [5.74, 6) is 0.711. The second kappa shape index (κ2) is 13.2. The Balaban J connectivity index is 1.67. The van der Waals surface area contributed by atoms with Gasteiger partial charge in [-0.25, -0.2) is 4.79 Å². The summed E-state index contributed by atoms with van der Waals surface area (Å²) in [6.07, 6.45) is -0.0238. The van der Waals surface area contributed by atoms with Crippen molar-refractivity contribution in [3.05, 3.63) is 98.3 Å². The van der Waals surface area contributed by atoms with Crippen molar-refractivity contribution >= 4 is 16.6 Å². The third-order valence-electron chi connectivity index (χ3n) is 9.75. The third kappa shape index (κ3) is 8.15. The lowest BCUT2D eigenvalue weighted by Crippen LogP contribution is -2.53. The Morgan fingerprint density at radius 1 is 0.822 bits per heavy atom. The first-order chi connectivity index (χ1) is 20.8. The van der Waals surface area contributed by atoms with E-state index in [-0.39, 0.29) is 22.3 Å². The number of ether oxygens (including phenoxy) is 2. The fraction of sp³-hybridized carbons (Fsp3) is 0.543. The quantitative estimate of drug-likeness (QED) is 0.230. The smallest absolute Gasteiger partial charge is 0.330 e. The molecule has 0 bridgehead atoms. The molecule has 4 atom stereocenters. The number of nitrogens with zero attached hydrogens (tertiary/aromatic N) is 1. The highest BCUT2D eigenvalue weighted by atomic mass is 28.4. The van der Waals surface area contributed by atoms with Crippen LogP contribution >= 0.6 is 0 Å². The molecule has 0 saturated carbocycles. The molecule has 1 aliphatic heterocycles. The van der Waals surface area contributed by atoms with E-state index >= 15 is 0 Å². The van der Waals surface area contributed by atoms with Crippen LogP contribution in [0.25, 0.3) is 0 Å². The number of nitrogens with one attached hydrogen (secondary N) is 1. The number of hydrogen-bond acceptors (Lipinski definition) is 6. The highest BCUT2D eigenvalue weighted by Crippen LogP contribution is 2.45. The molecular weight excluding hydrogens is 601 g/mol. The third-order valence-corrected chi connectivity index (χ3v) is 18.7. The van der Waals surface area contributed by atoms with Gasteiger partial charge in [0.1, 0.15) is 24.6 Å². The van der Waals surface area contributed by atoms with E-state index in [0.717, 1.165) is 11.1 Å². The molecule has 8 nitrogen and oxygen atoms in total. The Labute approximate surface area is 270 Å². The monoisotopic (exact) mass is 652 g/mol. The summed E-state index contributed by atoms with van der Waals surface area (Å²) in [6, 6.07) is 17.7. The highest BCUT2D eigenvalue weighted by molar-refractivity contribution is 6.74. The van der Waals surface area contributed by atoms with E-state index in [4.69, 9.17) is 18.3 Å². The Kier molecular flexibility index (Phi) is 10.3. The molecule has 3 aromatic rings. The Morgan fingerprint density at radius 2 is 1.40 bits per heavy atom. The van der Waals surface area contributed by atoms with Gasteiger partial charge in [0, 0.05) is 18.2 Å². The van der Waals surface area contributed by atoms with Crippen LogP contribution in [-0.2, 0) is 26.6 Å². The van der Waals surface area contributed by atoms with Crippen molar-refractivity contribution in [3.63, 3.8) is 0 Å². The zero-order valence-corrected chi connectivity index (χ0v) is 30.9. The van der Waals surface area contributed by atoms with Gasteiger partial charge in [0.15, 0.2) is 22.9 Å². The molecule has 2 aromatic carbocycles. The largest absolute Gasteiger partial charge is 0.489 e. The molecule has 0 spiro atoms. The van der Waals surface area contributed by atoms with E-state index < -0.39 is 40.2 Å². The van der Waals surface area contributed by atoms with Crippen molar-refractivity contribution in [2.45, 2.75) is 122 Å². The van der Waals surface area contributed by atoms with Gasteiger partial charge in [-0.1, -0.05) is 84.0 Å². The maximum atomic E-state index is 13.4. The predicted octanol–water partition coefficient (Wildman–Crippen LogP) is 7.40. The van der Waals surface area contributed by atoms with Crippen LogP contribution in [0.15, 0.2) is 70.4 Å². The first-order valence-electron chi connectivity index (χ1n) is 15.9. The van der Waals surface area contributed by atoms with Gasteiger partial charge in [-0.05, 0) is 66.4 Å². The number of aromatic nitrogens is 2. The molecular formula is C35H52N2O6Si2. The van der Waals surface area contributed by atoms with E-state index in [1.807, 2.05) is 61.5 Å². The second-order valence-electron chi connectivity index (χ2n) is 15.3. The first kappa shape index (κ1) is 35.1. The van der Waals surface area contributed by atoms with E-state index in [9.17, 15) is 9.59 Å².